The first-order chi connectivity index (χ1) is 14.4. The summed E-state index contributed by atoms with van der Waals surface area (Å²) in [5.74, 6) is 2.09. The average Bonchev–Trinajstić information content (AvgIpc) is 3.05. The van der Waals surface area contributed by atoms with Crippen molar-refractivity contribution >= 4 is 70.4 Å². The Morgan fingerprint density at radius 2 is 1.13 bits per heavy atom. The highest BCUT2D eigenvalue weighted by Gasteiger charge is 2.10. The number of carbonyl (C=O) groups is 2. The molecule has 0 amide bonds. The van der Waals surface area contributed by atoms with E-state index in [4.69, 9.17) is 21.7 Å². The van der Waals surface area contributed by atoms with Crippen molar-refractivity contribution in [3.8, 4) is 11.5 Å². The monoisotopic (exact) mass is 494 g/mol. The molecule has 2 aromatic carbocycles. The van der Waals surface area contributed by atoms with E-state index in [0.29, 0.717) is 11.5 Å². The molecule has 3 rings (SSSR count). The SMILES string of the molecule is CC(=O)Oc1ccc(CSc2sc(=S)sc2SCc2ccc(OC(C)=O)cc2)cc1. The number of benzene rings is 2. The highest BCUT2D eigenvalue weighted by atomic mass is 32.2. The molecule has 0 radical (unpaired) electrons. The molecule has 0 fully saturated rings. The van der Waals surface area contributed by atoms with Crippen LogP contribution in [0, 0.1) is 3.14 Å². The van der Waals surface area contributed by atoms with Gasteiger partial charge in [-0.1, -0.05) is 36.5 Å². The summed E-state index contributed by atoms with van der Waals surface area (Å²) >= 11 is 12.2. The maximum absolute atomic E-state index is 11.0. The molecule has 30 heavy (non-hydrogen) atoms. The Kier molecular flexibility index (Phi) is 8.52. The van der Waals surface area contributed by atoms with E-state index in [0.717, 1.165) is 25.8 Å². The molecular formula is C21H18O4S5. The number of rotatable bonds is 8. The summed E-state index contributed by atoms with van der Waals surface area (Å²) in [6, 6.07) is 15.1. The van der Waals surface area contributed by atoms with E-state index in [1.807, 2.05) is 48.5 Å². The van der Waals surface area contributed by atoms with Crippen molar-refractivity contribution in [2.24, 2.45) is 0 Å². The zero-order valence-electron chi connectivity index (χ0n) is 16.2. The highest BCUT2D eigenvalue weighted by molar-refractivity contribution is 8.04. The maximum atomic E-state index is 11.0. The number of ether oxygens (including phenoxy) is 2. The Bertz CT molecular complexity index is 984. The van der Waals surface area contributed by atoms with Gasteiger partial charge in [-0.3, -0.25) is 9.59 Å². The number of hydrogen-bond acceptors (Lipinski definition) is 9. The molecule has 0 N–H and O–H groups in total. The van der Waals surface area contributed by atoms with Crippen molar-refractivity contribution in [2.45, 2.75) is 33.8 Å². The van der Waals surface area contributed by atoms with Crippen molar-refractivity contribution in [1.82, 2.24) is 0 Å². The Morgan fingerprint density at radius 3 is 1.47 bits per heavy atom. The number of thioether (sulfide) groups is 2. The summed E-state index contributed by atoms with van der Waals surface area (Å²) < 4.78 is 13.5. The van der Waals surface area contributed by atoms with Gasteiger partial charge in [0.15, 0.2) is 0 Å². The Hall–Kier alpha value is -1.65. The maximum Gasteiger partial charge on any atom is 0.308 e. The van der Waals surface area contributed by atoms with Crippen LogP contribution in [0.25, 0.3) is 0 Å². The second-order valence-electron chi connectivity index (χ2n) is 6.08. The summed E-state index contributed by atoms with van der Waals surface area (Å²) in [6.07, 6.45) is 0. The average molecular weight is 495 g/mol. The highest BCUT2D eigenvalue weighted by Crippen LogP contribution is 2.43. The van der Waals surface area contributed by atoms with E-state index >= 15 is 0 Å². The molecule has 9 heteroatoms. The molecule has 0 bridgehead atoms. The van der Waals surface area contributed by atoms with Gasteiger partial charge in [-0.05, 0) is 35.4 Å². The molecule has 0 aliphatic rings. The zero-order chi connectivity index (χ0) is 21.5. The van der Waals surface area contributed by atoms with Crippen LogP contribution in [0.15, 0.2) is 56.9 Å². The van der Waals surface area contributed by atoms with Crippen LogP contribution >= 0.6 is 58.4 Å². The van der Waals surface area contributed by atoms with Gasteiger partial charge in [0.25, 0.3) is 0 Å². The second kappa shape index (κ2) is 11.1. The summed E-state index contributed by atoms with van der Waals surface area (Å²) in [6.45, 7) is 2.78. The lowest BCUT2D eigenvalue weighted by Crippen LogP contribution is -2.00. The second-order valence-corrected chi connectivity index (χ2v) is 11.8. The quantitative estimate of drug-likeness (QED) is 0.145. The van der Waals surface area contributed by atoms with E-state index in [2.05, 4.69) is 0 Å². The predicted octanol–water partition coefficient (Wildman–Crippen LogP) is 6.97. The largest absolute Gasteiger partial charge is 0.427 e. The Labute approximate surface area is 196 Å². The van der Waals surface area contributed by atoms with Crippen LogP contribution in [0.3, 0.4) is 0 Å². The topological polar surface area (TPSA) is 52.6 Å². The summed E-state index contributed by atoms with van der Waals surface area (Å²) in [7, 11) is 0. The fourth-order valence-corrected chi connectivity index (χ4v) is 8.39. The fourth-order valence-electron chi connectivity index (χ4n) is 2.37. The van der Waals surface area contributed by atoms with E-state index in [9.17, 15) is 9.59 Å². The molecule has 0 aliphatic heterocycles. The first-order valence-corrected chi connectivity index (χ1v) is 12.8. The van der Waals surface area contributed by atoms with Gasteiger partial charge in [-0.15, -0.1) is 46.2 Å². The molecule has 0 aliphatic carbocycles. The molecule has 4 nitrogen and oxygen atoms in total. The standard InChI is InChI=1S/C21H18O4S5/c1-13(22)24-17-7-3-15(4-8-17)11-27-19-20(30-21(26)29-19)28-12-16-5-9-18(10-6-16)25-14(2)23/h3-10H,11-12H2,1-2H3. The number of hydrogen-bond donors (Lipinski definition) is 0. The lowest BCUT2D eigenvalue weighted by molar-refractivity contribution is -0.132. The van der Waals surface area contributed by atoms with E-state index in [-0.39, 0.29) is 11.9 Å². The Balaban J connectivity index is 1.58. The fraction of sp³-hybridized carbons (Fsp3) is 0.190. The lowest BCUT2D eigenvalue weighted by Gasteiger charge is -2.06. The van der Waals surface area contributed by atoms with Crippen molar-refractivity contribution in [2.75, 3.05) is 0 Å². The molecule has 0 saturated heterocycles. The third-order valence-electron chi connectivity index (χ3n) is 3.63. The summed E-state index contributed by atoms with van der Waals surface area (Å²) in [4.78, 5) is 22.0. The van der Waals surface area contributed by atoms with Gasteiger partial charge < -0.3 is 9.47 Å². The van der Waals surface area contributed by atoms with Crippen molar-refractivity contribution < 1.29 is 19.1 Å². The van der Waals surface area contributed by atoms with Gasteiger partial charge in [0.2, 0.25) is 0 Å². The molecule has 156 valence electrons. The molecule has 0 spiro atoms. The first-order valence-electron chi connectivity index (χ1n) is 8.83. The molecule has 1 heterocycles. The predicted molar refractivity (Wildman–Crippen MR) is 128 cm³/mol. The summed E-state index contributed by atoms with van der Waals surface area (Å²) in [5, 5.41) is 0. The van der Waals surface area contributed by atoms with E-state index < -0.39 is 0 Å². The van der Waals surface area contributed by atoms with Crippen LogP contribution in [0.5, 0.6) is 11.5 Å². The van der Waals surface area contributed by atoms with Crippen LogP contribution in [-0.4, -0.2) is 11.9 Å². The van der Waals surface area contributed by atoms with Crippen molar-refractivity contribution in [1.29, 1.82) is 0 Å². The van der Waals surface area contributed by atoms with Crippen LogP contribution in [0.4, 0.5) is 0 Å². The van der Waals surface area contributed by atoms with E-state index in [1.165, 1.54) is 22.3 Å². The van der Waals surface area contributed by atoms with Crippen LogP contribution in [-0.2, 0) is 21.1 Å². The van der Waals surface area contributed by atoms with Gasteiger partial charge in [0.05, 0.1) is 8.42 Å². The first kappa shape index (κ1) is 23.0. The van der Waals surface area contributed by atoms with Crippen molar-refractivity contribution in [3.05, 3.63) is 62.8 Å². The Morgan fingerprint density at radius 1 is 0.767 bits per heavy atom. The zero-order valence-corrected chi connectivity index (χ0v) is 20.3. The smallest absolute Gasteiger partial charge is 0.308 e. The van der Waals surface area contributed by atoms with E-state index in [1.54, 1.807) is 46.2 Å². The normalized spacial score (nSPS) is 10.6. The third-order valence-corrected chi connectivity index (χ3v) is 9.35. The lowest BCUT2D eigenvalue weighted by atomic mass is 10.2. The van der Waals surface area contributed by atoms with Crippen LogP contribution in [0.2, 0.25) is 0 Å². The third kappa shape index (κ3) is 7.24. The molecule has 0 unspecified atom stereocenters. The minimum Gasteiger partial charge on any atom is -0.427 e. The van der Waals surface area contributed by atoms with Gasteiger partial charge in [-0.2, -0.15) is 0 Å². The van der Waals surface area contributed by atoms with Crippen LogP contribution in [0.1, 0.15) is 25.0 Å². The molecule has 3 aromatic rings. The molecule has 0 atom stereocenters. The molecule has 1 aromatic heterocycles. The van der Waals surface area contributed by atoms with Gasteiger partial charge >= 0.3 is 11.9 Å². The van der Waals surface area contributed by atoms with Gasteiger partial charge in [0.1, 0.15) is 14.6 Å². The van der Waals surface area contributed by atoms with Crippen molar-refractivity contribution in [3.63, 3.8) is 0 Å². The number of esters is 2. The van der Waals surface area contributed by atoms with Gasteiger partial charge in [0, 0.05) is 25.4 Å². The molecule has 0 saturated carbocycles. The molecular weight excluding hydrogens is 477 g/mol. The number of carbonyl (C=O) groups excluding carboxylic acids is 2. The van der Waals surface area contributed by atoms with Crippen LogP contribution < -0.4 is 9.47 Å². The minimum atomic E-state index is -0.321. The summed E-state index contributed by atoms with van der Waals surface area (Å²) in [5.41, 5.74) is 2.30. The minimum absolute atomic E-state index is 0.321. The van der Waals surface area contributed by atoms with Gasteiger partial charge in [-0.25, -0.2) is 0 Å².